The first-order chi connectivity index (χ1) is 7.86. The molecule has 3 rings (SSSR count). The summed E-state index contributed by atoms with van der Waals surface area (Å²) in [4.78, 5) is 15.8. The van der Waals surface area contributed by atoms with Crippen LogP contribution in [0.2, 0.25) is 0 Å². The number of nitrogens with zero attached hydrogens (tertiary/aromatic N) is 1. The van der Waals surface area contributed by atoms with Crippen LogP contribution in [0.3, 0.4) is 0 Å². The van der Waals surface area contributed by atoms with Crippen molar-refractivity contribution in [1.29, 1.82) is 0 Å². The van der Waals surface area contributed by atoms with E-state index in [2.05, 4.69) is 11.4 Å². The van der Waals surface area contributed by atoms with Gasteiger partial charge in [0.15, 0.2) is 0 Å². The van der Waals surface area contributed by atoms with E-state index < -0.39 is 0 Å². The van der Waals surface area contributed by atoms with Gasteiger partial charge in [-0.15, -0.1) is 23.1 Å². The number of thioether (sulfide) groups is 1. The minimum absolute atomic E-state index is 0.0908. The average molecular weight is 253 g/mol. The maximum atomic E-state index is 12.4. The number of amides is 1. The normalized spacial score (nSPS) is 24.5. The van der Waals surface area contributed by atoms with Gasteiger partial charge in [0.2, 0.25) is 5.91 Å². The predicted molar refractivity (Wildman–Crippen MR) is 69.0 cm³/mol. The second-order valence-electron chi connectivity index (χ2n) is 4.33. The van der Waals surface area contributed by atoms with E-state index in [1.54, 1.807) is 11.3 Å². The van der Waals surface area contributed by atoms with Crippen molar-refractivity contribution < 1.29 is 4.79 Å². The monoisotopic (exact) mass is 253 g/mol. The molecule has 1 unspecified atom stereocenters. The third-order valence-electron chi connectivity index (χ3n) is 3.32. The number of carbonyl (C=O) groups is 1. The summed E-state index contributed by atoms with van der Waals surface area (Å²) in [7, 11) is 0. The Hall–Kier alpha value is -0.480. The summed E-state index contributed by atoms with van der Waals surface area (Å²) in [6.45, 7) is 1.94. The fourth-order valence-electron chi connectivity index (χ4n) is 2.45. The van der Waals surface area contributed by atoms with Gasteiger partial charge in [0.05, 0.1) is 0 Å². The van der Waals surface area contributed by atoms with Crippen LogP contribution in [-0.4, -0.2) is 29.6 Å². The van der Waals surface area contributed by atoms with Gasteiger partial charge in [0, 0.05) is 18.0 Å². The second-order valence-corrected chi connectivity index (χ2v) is 6.55. The highest BCUT2D eigenvalue weighted by atomic mass is 32.2. The van der Waals surface area contributed by atoms with Crippen molar-refractivity contribution in [2.75, 3.05) is 18.8 Å². The van der Waals surface area contributed by atoms with Gasteiger partial charge in [-0.3, -0.25) is 4.79 Å². The van der Waals surface area contributed by atoms with Crippen LogP contribution in [0.25, 0.3) is 0 Å². The Balaban J connectivity index is 1.83. The molecule has 0 radical (unpaired) electrons. The molecule has 2 aliphatic rings. The predicted octanol–water partition coefficient (Wildman–Crippen LogP) is 2.70. The van der Waals surface area contributed by atoms with Crippen molar-refractivity contribution in [2.45, 2.75) is 24.5 Å². The van der Waals surface area contributed by atoms with Crippen LogP contribution in [0.15, 0.2) is 11.4 Å². The van der Waals surface area contributed by atoms with Crippen LogP contribution in [0.5, 0.6) is 0 Å². The molecule has 86 valence electrons. The van der Waals surface area contributed by atoms with E-state index in [0.29, 0.717) is 5.91 Å². The standard InChI is InChI=1S/C12H15NOS2/c14-12(13-5-1-2-6-13)11-9-3-7-15-10(9)4-8-16-11/h3,7,11H,1-2,4-6,8H2. The van der Waals surface area contributed by atoms with Crippen molar-refractivity contribution in [2.24, 2.45) is 0 Å². The number of aryl methyl sites for hydroxylation is 1. The largest absolute Gasteiger partial charge is 0.341 e. The highest BCUT2D eigenvalue weighted by Crippen LogP contribution is 2.40. The summed E-state index contributed by atoms with van der Waals surface area (Å²) in [6.07, 6.45) is 3.50. The first kappa shape index (κ1) is 10.7. The zero-order valence-corrected chi connectivity index (χ0v) is 10.8. The van der Waals surface area contributed by atoms with E-state index in [1.807, 2.05) is 16.7 Å². The van der Waals surface area contributed by atoms with E-state index in [1.165, 1.54) is 23.3 Å². The van der Waals surface area contributed by atoms with Crippen molar-refractivity contribution >= 4 is 29.0 Å². The summed E-state index contributed by atoms with van der Waals surface area (Å²) in [6, 6.07) is 2.14. The van der Waals surface area contributed by atoms with Gasteiger partial charge < -0.3 is 4.90 Å². The van der Waals surface area contributed by atoms with Crippen LogP contribution < -0.4 is 0 Å². The molecule has 1 aromatic heterocycles. The number of hydrogen-bond donors (Lipinski definition) is 0. The number of likely N-dealkylation sites (tertiary alicyclic amines) is 1. The molecular formula is C12H15NOS2. The minimum atomic E-state index is 0.0908. The molecule has 4 heteroatoms. The lowest BCUT2D eigenvalue weighted by molar-refractivity contribution is -0.129. The van der Waals surface area contributed by atoms with Crippen LogP contribution in [-0.2, 0) is 11.2 Å². The Morgan fingerprint density at radius 1 is 1.38 bits per heavy atom. The van der Waals surface area contributed by atoms with Crippen molar-refractivity contribution in [1.82, 2.24) is 4.90 Å². The zero-order chi connectivity index (χ0) is 11.0. The minimum Gasteiger partial charge on any atom is -0.341 e. The Bertz CT molecular complexity index is 395. The summed E-state index contributed by atoms with van der Waals surface area (Å²) >= 11 is 3.63. The Morgan fingerprint density at radius 2 is 2.19 bits per heavy atom. The Morgan fingerprint density at radius 3 is 3.00 bits per heavy atom. The summed E-state index contributed by atoms with van der Waals surface area (Å²) < 4.78 is 0. The van der Waals surface area contributed by atoms with Gasteiger partial charge in [0.25, 0.3) is 0 Å². The number of fused-ring (bicyclic) bond motifs is 1. The molecular weight excluding hydrogens is 238 g/mol. The van der Waals surface area contributed by atoms with Crippen molar-refractivity contribution in [3.63, 3.8) is 0 Å². The molecule has 1 amide bonds. The lowest BCUT2D eigenvalue weighted by Crippen LogP contribution is -2.32. The highest BCUT2D eigenvalue weighted by molar-refractivity contribution is 8.00. The van der Waals surface area contributed by atoms with E-state index in [9.17, 15) is 4.79 Å². The molecule has 1 atom stereocenters. The molecule has 0 spiro atoms. The molecule has 2 nitrogen and oxygen atoms in total. The fourth-order valence-corrected chi connectivity index (χ4v) is 4.83. The third-order valence-corrected chi connectivity index (χ3v) is 5.54. The molecule has 0 aliphatic carbocycles. The number of hydrogen-bond acceptors (Lipinski definition) is 3. The van der Waals surface area contributed by atoms with E-state index in [-0.39, 0.29) is 5.25 Å². The average Bonchev–Trinajstić information content (AvgIpc) is 2.98. The van der Waals surface area contributed by atoms with Gasteiger partial charge in [-0.1, -0.05) is 0 Å². The first-order valence-electron chi connectivity index (χ1n) is 5.83. The maximum Gasteiger partial charge on any atom is 0.240 e. The molecule has 0 aromatic carbocycles. The van der Waals surface area contributed by atoms with Gasteiger partial charge in [-0.25, -0.2) is 0 Å². The topological polar surface area (TPSA) is 20.3 Å². The number of rotatable bonds is 1. The molecule has 1 saturated heterocycles. The zero-order valence-electron chi connectivity index (χ0n) is 9.15. The van der Waals surface area contributed by atoms with Crippen molar-refractivity contribution in [3.8, 4) is 0 Å². The molecule has 0 N–H and O–H groups in total. The van der Waals surface area contributed by atoms with Crippen LogP contribution in [0.4, 0.5) is 0 Å². The molecule has 16 heavy (non-hydrogen) atoms. The quantitative estimate of drug-likeness (QED) is 0.767. The lowest BCUT2D eigenvalue weighted by atomic mass is 10.1. The smallest absolute Gasteiger partial charge is 0.240 e. The van der Waals surface area contributed by atoms with E-state index >= 15 is 0 Å². The molecule has 0 bridgehead atoms. The Labute approximate surface area is 104 Å². The summed E-state index contributed by atoms with van der Waals surface area (Å²) in [5, 5.41) is 2.22. The van der Waals surface area contributed by atoms with Crippen molar-refractivity contribution in [3.05, 3.63) is 21.9 Å². The van der Waals surface area contributed by atoms with Crippen LogP contribution in [0.1, 0.15) is 28.5 Å². The first-order valence-corrected chi connectivity index (χ1v) is 7.76. The van der Waals surface area contributed by atoms with Crippen LogP contribution >= 0.6 is 23.1 Å². The van der Waals surface area contributed by atoms with Crippen LogP contribution in [0, 0.1) is 0 Å². The maximum absolute atomic E-state index is 12.4. The second kappa shape index (κ2) is 4.41. The summed E-state index contributed by atoms with van der Waals surface area (Å²) in [5.41, 5.74) is 1.29. The third kappa shape index (κ3) is 1.78. The molecule has 1 fully saturated rings. The molecule has 3 heterocycles. The van der Waals surface area contributed by atoms with Gasteiger partial charge in [-0.05, 0) is 42.0 Å². The fraction of sp³-hybridized carbons (Fsp3) is 0.583. The molecule has 1 aromatic rings. The Kier molecular flexibility index (Phi) is 2.94. The number of thiophene rings is 1. The van der Waals surface area contributed by atoms with Gasteiger partial charge >= 0.3 is 0 Å². The van der Waals surface area contributed by atoms with Gasteiger partial charge in [0.1, 0.15) is 5.25 Å². The molecule has 0 saturated carbocycles. The van der Waals surface area contributed by atoms with Gasteiger partial charge in [-0.2, -0.15) is 0 Å². The number of carbonyl (C=O) groups excluding carboxylic acids is 1. The van der Waals surface area contributed by atoms with E-state index in [0.717, 1.165) is 25.3 Å². The van der Waals surface area contributed by atoms with E-state index in [4.69, 9.17) is 0 Å². The highest BCUT2D eigenvalue weighted by Gasteiger charge is 2.32. The lowest BCUT2D eigenvalue weighted by Gasteiger charge is -2.26. The summed E-state index contributed by atoms with van der Waals surface area (Å²) in [5.74, 6) is 1.44. The molecule has 2 aliphatic heterocycles. The SMILES string of the molecule is O=C(C1SCCc2sccc21)N1CCCC1.